The van der Waals surface area contributed by atoms with Crippen LogP contribution in [-0.2, 0) is 11.2 Å². The van der Waals surface area contributed by atoms with E-state index < -0.39 is 0 Å². The molecule has 0 unspecified atom stereocenters. The van der Waals surface area contributed by atoms with Crippen molar-refractivity contribution in [1.82, 2.24) is 0 Å². The minimum absolute atomic E-state index is 0.220. The molecule has 0 aliphatic carbocycles. The molecule has 0 fully saturated rings. The molecule has 0 aliphatic rings. The largest absolute Gasteiger partial charge is 0.462 e. The fraction of sp³-hybridized carbons (Fsp3) is 0.417. The van der Waals surface area contributed by atoms with Crippen LogP contribution in [0.3, 0.4) is 0 Å². The second kappa shape index (κ2) is 5.81. The van der Waals surface area contributed by atoms with E-state index in [-0.39, 0.29) is 5.97 Å². The number of carbonyl (C=O) groups is 1. The highest BCUT2D eigenvalue weighted by molar-refractivity contribution is 7.98. The molecule has 0 heterocycles. The standard InChI is InChI=1S/C12H16O2S/c1-4-9-8-10(15-3)6-7-11(9)12(13)14-5-2/h6-8H,4-5H2,1-3H3. The predicted molar refractivity (Wildman–Crippen MR) is 63.6 cm³/mol. The van der Waals surface area contributed by atoms with Crippen molar-refractivity contribution in [3.8, 4) is 0 Å². The van der Waals surface area contributed by atoms with Gasteiger partial charge in [-0.3, -0.25) is 0 Å². The second-order valence-corrected chi connectivity index (χ2v) is 3.98. The van der Waals surface area contributed by atoms with Crippen molar-refractivity contribution in [3.05, 3.63) is 29.3 Å². The van der Waals surface area contributed by atoms with Gasteiger partial charge in [0.15, 0.2) is 0 Å². The van der Waals surface area contributed by atoms with Gasteiger partial charge in [-0.2, -0.15) is 0 Å². The zero-order chi connectivity index (χ0) is 11.3. The topological polar surface area (TPSA) is 26.3 Å². The molecule has 1 aromatic carbocycles. The van der Waals surface area contributed by atoms with Crippen molar-refractivity contribution in [3.63, 3.8) is 0 Å². The first-order valence-electron chi connectivity index (χ1n) is 5.07. The number of carbonyl (C=O) groups excluding carboxylic acids is 1. The highest BCUT2D eigenvalue weighted by atomic mass is 32.2. The fourth-order valence-electron chi connectivity index (χ4n) is 1.40. The van der Waals surface area contributed by atoms with Crippen LogP contribution in [0.4, 0.5) is 0 Å². The molecule has 0 radical (unpaired) electrons. The molecular weight excluding hydrogens is 208 g/mol. The monoisotopic (exact) mass is 224 g/mol. The van der Waals surface area contributed by atoms with Crippen molar-refractivity contribution in [2.75, 3.05) is 12.9 Å². The SMILES string of the molecule is CCOC(=O)c1ccc(SC)cc1CC. The molecule has 3 heteroatoms. The van der Waals surface area contributed by atoms with Gasteiger partial charge in [-0.05, 0) is 43.4 Å². The van der Waals surface area contributed by atoms with Gasteiger partial charge in [0.05, 0.1) is 12.2 Å². The summed E-state index contributed by atoms with van der Waals surface area (Å²) in [6, 6.07) is 5.86. The number of aryl methyl sites for hydroxylation is 1. The van der Waals surface area contributed by atoms with E-state index >= 15 is 0 Å². The quantitative estimate of drug-likeness (QED) is 0.580. The molecular formula is C12H16O2S. The van der Waals surface area contributed by atoms with Crippen molar-refractivity contribution in [2.24, 2.45) is 0 Å². The Balaban J connectivity index is 3.02. The lowest BCUT2D eigenvalue weighted by Crippen LogP contribution is -2.07. The molecule has 0 atom stereocenters. The van der Waals surface area contributed by atoms with Crippen LogP contribution in [0.5, 0.6) is 0 Å². The summed E-state index contributed by atoms with van der Waals surface area (Å²) in [4.78, 5) is 12.8. The summed E-state index contributed by atoms with van der Waals surface area (Å²) >= 11 is 1.68. The van der Waals surface area contributed by atoms with Gasteiger partial charge in [0, 0.05) is 4.90 Å². The Morgan fingerprint density at radius 1 is 1.40 bits per heavy atom. The number of ether oxygens (including phenoxy) is 1. The van der Waals surface area contributed by atoms with Crippen LogP contribution in [0.1, 0.15) is 29.8 Å². The maximum absolute atomic E-state index is 11.6. The summed E-state index contributed by atoms with van der Waals surface area (Å²) in [6.07, 6.45) is 2.88. The van der Waals surface area contributed by atoms with Crippen LogP contribution in [0.2, 0.25) is 0 Å². The van der Waals surface area contributed by atoms with E-state index in [9.17, 15) is 4.79 Å². The Hall–Kier alpha value is -0.960. The third kappa shape index (κ3) is 2.99. The molecule has 2 nitrogen and oxygen atoms in total. The summed E-state index contributed by atoms with van der Waals surface area (Å²) in [5.74, 6) is -0.220. The third-order valence-corrected chi connectivity index (χ3v) is 2.91. The molecule has 0 amide bonds. The Labute approximate surface area is 95.0 Å². The number of thioether (sulfide) groups is 1. The number of benzene rings is 1. The first-order chi connectivity index (χ1) is 7.22. The maximum Gasteiger partial charge on any atom is 0.338 e. The van der Waals surface area contributed by atoms with Gasteiger partial charge in [0.1, 0.15) is 0 Å². The van der Waals surface area contributed by atoms with Gasteiger partial charge in [-0.15, -0.1) is 11.8 Å². The zero-order valence-electron chi connectivity index (χ0n) is 9.37. The highest BCUT2D eigenvalue weighted by Crippen LogP contribution is 2.20. The van der Waals surface area contributed by atoms with Crippen molar-refractivity contribution < 1.29 is 9.53 Å². The summed E-state index contributed by atoms with van der Waals surface area (Å²) in [6.45, 7) is 4.29. The van der Waals surface area contributed by atoms with Crippen LogP contribution in [-0.4, -0.2) is 18.8 Å². The molecule has 0 spiro atoms. The maximum atomic E-state index is 11.6. The number of hydrogen-bond donors (Lipinski definition) is 0. The number of esters is 1. The average molecular weight is 224 g/mol. The molecule has 0 aromatic heterocycles. The Morgan fingerprint density at radius 3 is 2.67 bits per heavy atom. The minimum atomic E-state index is -0.220. The smallest absolute Gasteiger partial charge is 0.338 e. The van der Waals surface area contributed by atoms with Gasteiger partial charge in [-0.1, -0.05) is 6.92 Å². The van der Waals surface area contributed by atoms with Crippen LogP contribution in [0, 0.1) is 0 Å². The van der Waals surface area contributed by atoms with E-state index in [2.05, 4.69) is 6.07 Å². The fourth-order valence-corrected chi connectivity index (χ4v) is 1.86. The van der Waals surface area contributed by atoms with Gasteiger partial charge < -0.3 is 4.74 Å². The Bertz CT molecular complexity index is 347. The highest BCUT2D eigenvalue weighted by Gasteiger charge is 2.11. The average Bonchev–Trinajstić information content (AvgIpc) is 2.28. The van der Waals surface area contributed by atoms with Gasteiger partial charge in [0.2, 0.25) is 0 Å². The van der Waals surface area contributed by atoms with E-state index in [1.54, 1.807) is 11.8 Å². The van der Waals surface area contributed by atoms with Crippen molar-refractivity contribution in [1.29, 1.82) is 0 Å². The normalized spacial score (nSPS) is 10.1. The Morgan fingerprint density at radius 2 is 2.13 bits per heavy atom. The summed E-state index contributed by atoms with van der Waals surface area (Å²) in [7, 11) is 0. The van der Waals surface area contributed by atoms with Crippen LogP contribution in [0.15, 0.2) is 23.1 Å². The first kappa shape index (κ1) is 12.1. The molecule has 0 aliphatic heterocycles. The Kier molecular flexibility index (Phi) is 4.69. The van der Waals surface area contributed by atoms with Crippen LogP contribution >= 0.6 is 11.8 Å². The van der Waals surface area contributed by atoms with Crippen LogP contribution in [0.25, 0.3) is 0 Å². The van der Waals surface area contributed by atoms with Gasteiger partial charge in [0.25, 0.3) is 0 Å². The van der Waals surface area contributed by atoms with E-state index in [1.165, 1.54) is 4.90 Å². The molecule has 1 aromatic rings. The second-order valence-electron chi connectivity index (χ2n) is 3.10. The lowest BCUT2D eigenvalue weighted by Gasteiger charge is -2.08. The molecule has 0 saturated carbocycles. The molecule has 15 heavy (non-hydrogen) atoms. The predicted octanol–water partition coefficient (Wildman–Crippen LogP) is 3.15. The summed E-state index contributed by atoms with van der Waals surface area (Å²) < 4.78 is 5.00. The first-order valence-corrected chi connectivity index (χ1v) is 6.29. The van der Waals surface area contributed by atoms with E-state index in [1.807, 2.05) is 32.2 Å². The van der Waals surface area contributed by atoms with Crippen LogP contribution < -0.4 is 0 Å². The lowest BCUT2D eigenvalue weighted by molar-refractivity contribution is 0.0525. The molecule has 82 valence electrons. The zero-order valence-corrected chi connectivity index (χ0v) is 10.2. The minimum Gasteiger partial charge on any atom is -0.462 e. The van der Waals surface area contributed by atoms with Gasteiger partial charge in [-0.25, -0.2) is 4.79 Å². The summed E-state index contributed by atoms with van der Waals surface area (Å²) in [5, 5.41) is 0. The lowest BCUT2D eigenvalue weighted by atomic mass is 10.1. The molecule has 0 N–H and O–H groups in total. The summed E-state index contributed by atoms with van der Waals surface area (Å²) in [5.41, 5.74) is 1.75. The van der Waals surface area contributed by atoms with E-state index in [0.29, 0.717) is 12.2 Å². The number of rotatable bonds is 4. The number of hydrogen-bond acceptors (Lipinski definition) is 3. The molecule has 0 bridgehead atoms. The van der Waals surface area contributed by atoms with Gasteiger partial charge >= 0.3 is 5.97 Å². The third-order valence-electron chi connectivity index (χ3n) is 2.19. The van der Waals surface area contributed by atoms with E-state index in [0.717, 1.165) is 12.0 Å². The van der Waals surface area contributed by atoms with E-state index in [4.69, 9.17) is 4.74 Å². The van der Waals surface area contributed by atoms with Crippen molar-refractivity contribution in [2.45, 2.75) is 25.2 Å². The van der Waals surface area contributed by atoms with Crippen molar-refractivity contribution >= 4 is 17.7 Å². The molecule has 1 rings (SSSR count). The molecule has 0 saturated heterocycles.